The molecular weight excluding hydrogens is 314 g/mol. The van der Waals surface area contributed by atoms with Crippen LogP contribution in [0.1, 0.15) is 10.6 Å². The quantitative estimate of drug-likeness (QED) is 0.856. The number of aromatic nitrogens is 2. The summed E-state index contributed by atoms with van der Waals surface area (Å²) in [5.41, 5.74) is 0.804. The molecule has 0 fully saturated rings. The first-order valence-electron chi connectivity index (χ1n) is 5.63. The molecule has 0 amide bonds. The Hall–Kier alpha value is -0.980. The number of nitrogens with one attached hydrogen (secondary N) is 1. The van der Waals surface area contributed by atoms with Crippen LogP contribution in [0.5, 0.6) is 0 Å². The second kappa shape index (κ2) is 6.26. The Morgan fingerprint density at radius 3 is 3.06 bits per heavy atom. The molecule has 0 saturated carbocycles. The molecule has 2 heterocycles. The monoisotopic (exact) mass is 327 g/mol. The zero-order chi connectivity index (χ0) is 13.0. The van der Waals surface area contributed by atoms with E-state index in [1.165, 1.54) is 9.56 Å². The molecule has 2 rings (SSSR count). The summed E-state index contributed by atoms with van der Waals surface area (Å²) in [6.45, 7) is 4.02. The molecule has 0 saturated heterocycles. The minimum absolute atomic E-state index is 0.0544. The number of thiophene rings is 1. The van der Waals surface area contributed by atoms with Crippen LogP contribution in [0, 0.1) is 6.92 Å². The van der Waals surface area contributed by atoms with Crippen molar-refractivity contribution < 1.29 is 0 Å². The van der Waals surface area contributed by atoms with Gasteiger partial charge in [0.15, 0.2) is 0 Å². The van der Waals surface area contributed by atoms with E-state index in [-0.39, 0.29) is 5.56 Å². The van der Waals surface area contributed by atoms with Gasteiger partial charge >= 0.3 is 0 Å². The Morgan fingerprint density at radius 2 is 2.33 bits per heavy atom. The standard InChI is InChI=1S/C12H14BrN3OS/c1-9-2-3-12(17)16(15-9)5-4-14-7-11-6-10(13)8-18-11/h2-3,6,8,14H,4-5,7H2,1H3. The highest BCUT2D eigenvalue weighted by Gasteiger charge is 1.99. The van der Waals surface area contributed by atoms with E-state index < -0.39 is 0 Å². The molecule has 0 radical (unpaired) electrons. The highest BCUT2D eigenvalue weighted by Crippen LogP contribution is 2.19. The maximum absolute atomic E-state index is 11.5. The fourth-order valence-electron chi connectivity index (χ4n) is 1.55. The van der Waals surface area contributed by atoms with Gasteiger partial charge in [-0.3, -0.25) is 4.79 Å². The van der Waals surface area contributed by atoms with E-state index >= 15 is 0 Å². The molecule has 1 N–H and O–H groups in total. The predicted octanol–water partition coefficient (Wildman–Crippen LogP) is 2.17. The number of rotatable bonds is 5. The first kappa shape index (κ1) is 13.5. The lowest BCUT2D eigenvalue weighted by atomic mass is 10.4. The molecule has 0 spiro atoms. The zero-order valence-electron chi connectivity index (χ0n) is 10.0. The maximum Gasteiger partial charge on any atom is 0.266 e. The van der Waals surface area contributed by atoms with E-state index in [0.29, 0.717) is 6.54 Å². The Bertz CT molecular complexity index is 579. The number of hydrogen-bond acceptors (Lipinski definition) is 4. The largest absolute Gasteiger partial charge is 0.310 e. The van der Waals surface area contributed by atoms with Crippen LogP contribution in [0.4, 0.5) is 0 Å². The molecule has 2 aromatic heterocycles. The molecule has 0 atom stereocenters. The Morgan fingerprint density at radius 1 is 1.50 bits per heavy atom. The summed E-state index contributed by atoms with van der Waals surface area (Å²) in [5.74, 6) is 0. The van der Waals surface area contributed by atoms with Crippen molar-refractivity contribution in [1.82, 2.24) is 15.1 Å². The van der Waals surface area contributed by atoms with Gasteiger partial charge in [0.25, 0.3) is 5.56 Å². The Kier molecular flexibility index (Phi) is 4.68. The maximum atomic E-state index is 11.5. The minimum atomic E-state index is -0.0544. The van der Waals surface area contributed by atoms with Crippen LogP contribution in [0.25, 0.3) is 0 Å². The highest BCUT2D eigenvalue weighted by atomic mass is 79.9. The third-order valence-corrected chi connectivity index (χ3v) is 4.12. The minimum Gasteiger partial charge on any atom is -0.310 e. The second-order valence-electron chi connectivity index (χ2n) is 3.94. The molecule has 0 bridgehead atoms. The van der Waals surface area contributed by atoms with Crippen LogP contribution in [-0.4, -0.2) is 16.3 Å². The first-order chi connectivity index (χ1) is 8.65. The van der Waals surface area contributed by atoms with Gasteiger partial charge in [0.1, 0.15) is 0 Å². The molecule has 6 heteroatoms. The number of halogens is 1. The molecule has 0 aliphatic rings. The van der Waals surface area contributed by atoms with Crippen LogP contribution < -0.4 is 10.9 Å². The number of aryl methyl sites for hydroxylation is 1. The van der Waals surface area contributed by atoms with Gasteiger partial charge in [0.05, 0.1) is 12.2 Å². The lowest BCUT2D eigenvalue weighted by Crippen LogP contribution is -2.28. The average molecular weight is 328 g/mol. The van der Waals surface area contributed by atoms with Crippen LogP contribution in [0.2, 0.25) is 0 Å². The lowest BCUT2D eigenvalue weighted by molar-refractivity contribution is 0.528. The fourth-order valence-corrected chi connectivity index (χ4v) is 2.97. The molecule has 96 valence electrons. The zero-order valence-corrected chi connectivity index (χ0v) is 12.4. The van der Waals surface area contributed by atoms with Crippen LogP contribution >= 0.6 is 27.3 Å². The molecule has 0 aliphatic heterocycles. The highest BCUT2D eigenvalue weighted by molar-refractivity contribution is 9.10. The topological polar surface area (TPSA) is 46.9 Å². The van der Waals surface area contributed by atoms with Gasteiger partial charge in [0.2, 0.25) is 0 Å². The van der Waals surface area contributed by atoms with Gasteiger partial charge < -0.3 is 5.32 Å². The summed E-state index contributed by atoms with van der Waals surface area (Å²) in [6, 6.07) is 5.38. The van der Waals surface area contributed by atoms with Crippen LogP contribution in [-0.2, 0) is 13.1 Å². The van der Waals surface area contributed by atoms with Crippen molar-refractivity contribution in [2.24, 2.45) is 0 Å². The first-order valence-corrected chi connectivity index (χ1v) is 7.31. The lowest BCUT2D eigenvalue weighted by Gasteiger charge is -2.06. The van der Waals surface area contributed by atoms with Crippen molar-refractivity contribution in [3.8, 4) is 0 Å². The van der Waals surface area contributed by atoms with Crippen molar-refractivity contribution >= 4 is 27.3 Å². The normalized spacial score (nSPS) is 10.8. The predicted molar refractivity (Wildman–Crippen MR) is 77.0 cm³/mol. The van der Waals surface area contributed by atoms with Crippen molar-refractivity contribution in [3.05, 3.63) is 49.0 Å². The summed E-state index contributed by atoms with van der Waals surface area (Å²) in [6.07, 6.45) is 0. The smallest absolute Gasteiger partial charge is 0.266 e. The Balaban J connectivity index is 1.82. The molecule has 4 nitrogen and oxygen atoms in total. The third-order valence-electron chi connectivity index (χ3n) is 2.42. The summed E-state index contributed by atoms with van der Waals surface area (Å²) < 4.78 is 2.60. The summed E-state index contributed by atoms with van der Waals surface area (Å²) in [4.78, 5) is 12.8. The van der Waals surface area contributed by atoms with Crippen LogP contribution in [0.15, 0.2) is 32.8 Å². The molecular formula is C12H14BrN3OS. The van der Waals surface area contributed by atoms with Gasteiger partial charge in [-0.25, -0.2) is 4.68 Å². The average Bonchev–Trinajstić information content (AvgIpc) is 2.75. The molecule has 2 aromatic rings. The van der Waals surface area contributed by atoms with Crippen molar-refractivity contribution in [2.45, 2.75) is 20.0 Å². The Labute approximate surface area is 118 Å². The van der Waals surface area contributed by atoms with Gasteiger partial charge in [-0.2, -0.15) is 5.10 Å². The summed E-state index contributed by atoms with van der Waals surface area (Å²) in [5, 5.41) is 9.54. The van der Waals surface area contributed by atoms with E-state index in [0.717, 1.165) is 23.3 Å². The molecule has 0 aromatic carbocycles. The van der Waals surface area contributed by atoms with E-state index in [9.17, 15) is 4.79 Å². The van der Waals surface area contributed by atoms with Gasteiger partial charge in [0, 0.05) is 33.9 Å². The van der Waals surface area contributed by atoms with Crippen molar-refractivity contribution in [1.29, 1.82) is 0 Å². The molecule has 0 unspecified atom stereocenters. The van der Waals surface area contributed by atoms with Gasteiger partial charge in [-0.05, 0) is 35.0 Å². The van der Waals surface area contributed by atoms with Crippen molar-refractivity contribution in [2.75, 3.05) is 6.54 Å². The number of hydrogen-bond donors (Lipinski definition) is 1. The molecule has 0 aliphatic carbocycles. The van der Waals surface area contributed by atoms with E-state index in [1.54, 1.807) is 23.5 Å². The van der Waals surface area contributed by atoms with Gasteiger partial charge in [-0.15, -0.1) is 11.3 Å². The van der Waals surface area contributed by atoms with E-state index in [2.05, 4.69) is 37.8 Å². The van der Waals surface area contributed by atoms with E-state index in [1.807, 2.05) is 6.92 Å². The third kappa shape index (κ3) is 3.76. The number of nitrogens with zero attached hydrogens (tertiary/aromatic N) is 2. The summed E-state index contributed by atoms with van der Waals surface area (Å²) >= 11 is 5.13. The molecule has 18 heavy (non-hydrogen) atoms. The SMILES string of the molecule is Cc1ccc(=O)n(CCNCc2cc(Br)cs2)n1. The van der Waals surface area contributed by atoms with Gasteiger partial charge in [-0.1, -0.05) is 0 Å². The second-order valence-corrected chi connectivity index (χ2v) is 5.86. The summed E-state index contributed by atoms with van der Waals surface area (Å²) in [7, 11) is 0. The fraction of sp³-hybridized carbons (Fsp3) is 0.333. The van der Waals surface area contributed by atoms with E-state index in [4.69, 9.17) is 0 Å². The van der Waals surface area contributed by atoms with Crippen LogP contribution in [0.3, 0.4) is 0 Å². The van der Waals surface area contributed by atoms with Crippen molar-refractivity contribution in [3.63, 3.8) is 0 Å².